The Bertz CT molecular complexity index is 1740. The lowest BCUT2D eigenvalue weighted by molar-refractivity contribution is -0.385. The number of rotatable bonds is 8. The van der Waals surface area contributed by atoms with E-state index in [0.717, 1.165) is 36.9 Å². The van der Waals surface area contributed by atoms with Gasteiger partial charge in [-0.3, -0.25) is 29.6 Å². The molecule has 238 valence electrons. The van der Waals surface area contributed by atoms with Crippen molar-refractivity contribution in [1.29, 1.82) is 0 Å². The number of nitrogens with one attached hydrogen (secondary N) is 3. The first kappa shape index (κ1) is 31.3. The van der Waals surface area contributed by atoms with Crippen LogP contribution in [0.15, 0.2) is 61.2 Å². The van der Waals surface area contributed by atoms with E-state index in [4.69, 9.17) is 4.74 Å². The number of aromatic nitrogens is 4. The van der Waals surface area contributed by atoms with Crippen LogP contribution in [0.5, 0.6) is 0 Å². The molecule has 4 atom stereocenters. The number of imide groups is 1. The Morgan fingerprint density at radius 2 is 1.43 bits per heavy atom. The third kappa shape index (κ3) is 6.10. The molecule has 0 bridgehead atoms. The fourth-order valence-corrected chi connectivity index (χ4v) is 4.55. The van der Waals surface area contributed by atoms with E-state index < -0.39 is 52.4 Å². The zero-order chi connectivity index (χ0) is 33.1. The highest BCUT2D eigenvalue weighted by Crippen LogP contribution is 2.33. The van der Waals surface area contributed by atoms with E-state index in [1.807, 2.05) is 0 Å². The number of imidazole rings is 1. The summed E-state index contributed by atoms with van der Waals surface area (Å²) in [5.74, 6) is -1.02. The highest BCUT2D eigenvalue weighted by Gasteiger charge is 2.47. The normalized spacial score (nSPS) is 18.9. The molecule has 1 aliphatic heterocycles. The number of hydrogen-bond donors (Lipinski definition) is 5. The van der Waals surface area contributed by atoms with Gasteiger partial charge in [-0.1, -0.05) is 0 Å². The average molecular weight is 637 g/mol. The number of hydrogen-bond acceptors (Lipinski definition) is 13. The molecular formula is C26H24N10O10. The maximum Gasteiger partial charge on any atom is 0.335 e. The van der Waals surface area contributed by atoms with Gasteiger partial charge in [0.1, 0.15) is 18.5 Å². The second-order valence-corrected chi connectivity index (χ2v) is 9.65. The van der Waals surface area contributed by atoms with Crippen LogP contribution in [-0.2, 0) is 9.53 Å². The third-order valence-electron chi connectivity index (χ3n) is 6.74. The molecule has 1 saturated heterocycles. The minimum atomic E-state index is -1.60. The van der Waals surface area contributed by atoms with Gasteiger partial charge in [-0.05, 0) is 31.2 Å². The minimum absolute atomic E-state index is 0.0610. The molecule has 0 radical (unpaired) electrons. The molecule has 0 unspecified atom stereocenters. The lowest BCUT2D eigenvalue weighted by atomic mass is 10.1. The van der Waals surface area contributed by atoms with Crippen LogP contribution in [0.25, 0.3) is 11.2 Å². The molecular weight excluding hydrogens is 612 g/mol. The van der Waals surface area contributed by atoms with E-state index in [1.165, 1.54) is 28.8 Å². The van der Waals surface area contributed by atoms with Gasteiger partial charge in [0.2, 0.25) is 0 Å². The molecule has 2 aromatic carbocycles. The SMILES string of the molecule is CCNC(=O)[C@H]1O[C@@H](n2cnc3c(N(C(=O)Nc4ccc([N+](=O)[O-])cc4)C(=O)Nc4ccc([N+](=O)[O-])cc4)ncnc32)[C@@H](O)[C@H]1O. The Kier molecular flexibility index (Phi) is 8.75. The van der Waals surface area contributed by atoms with Crippen molar-refractivity contribution in [2.45, 2.75) is 31.5 Å². The number of ether oxygens (including phenoxy) is 1. The first-order chi connectivity index (χ1) is 22.0. The van der Waals surface area contributed by atoms with E-state index in [1.54, 1.807) is 6.92 Å². The van der Waals surface area contributed by atoms with Crippen LogP contribution in [0.2, 0.25) is 0 Å². The van der Waals surface area contributed by atoms with Crippen molar-refractivity contribution in [3.05, 3.63) is 81.4 Å². The minimum Gasteiger partial charge on any atom is -0.387 e. The van der Waals surface area contributed by atoms with Crippen molar-refractivity contribution in [3.8, 4) is 0 Å². The number of nitro benzene ring substituents is 2. The number of nitro groups is 2. The van der Waals surface area contributed by atoms with Crippen LogP contribution >= 0.6 is 0 Å². The van der Waals surface area contributed by atoms with Crippen molar-refractivity contribution in [3.63, 3.8) is 0 Å². The second-order valence-electron chi connectivity index (χ2n) is 9.65. The van der Waals surface area contributed by atoms with E-state index in [-0.39, 0.29) is 46.3 Å². The van der Waals surface area contributed by atoms with Crippen LogP contribution in [-0.4, -0.2) is 82.4 Å². The van der Waals surface area contributed by atoms with Gasteiger partial charge in [0.05, 0.1) is 16.2 Å². The van der Waals surface area contributed by atoms with Crippen LogP contribution in [0.3, 0.4) is 0 Å². The fourth-order valence-electron chi connectivity index (χ4n) is 4.55. The van der Waals surface area contributed by atoms with Crippen molar-refractivity contribution < 1.29 is 39.2 Å². The molecule has 5 rings (SSSR count). The summed E-state index contributed by atoms with van der Waals surface area (Å²) in [5, 5.41) is 50.6. The largest absolute Gasteiger partial charge is 0.387 e. The molecule has 1 fully saturated rings. The van der Waals surface area contributed by atoms with Gasteiger partial charge >= 0.3 is 12.1 Å². The molecule has 2 aromatic heterocycles. The molecule has 0 spiro atoms. The Balaban J connectivity index is 1.51. The van der Waals surface area contributed by atoms with Gasteiger partial charge in [0.15, 0.2) is 29.3 Å². The summed E-state index contributed by atoms with van der Waals surface area (Å²) in [6.07, 6.45) is -3.85. The van der Waals surface area contributed by atoms with Gasteiger partial charge in [0, 0.05) is 42.2 Å². The lowest BCUT2D eigenvalue weighted by Crippen LogP contribution is -2.43. The fraction of sp³-hybridized carbons (Fsp3) is 0.231. The summed E-state index contributed by atoms with van der Waals surface area (Å²) in [4.78, 5) is 73.3. The molecule has 5 N–H and O–H groups in total. The number of amides is 5. The Morgan fingerprint density at radius 1 is 0.891 bits per heavy atom. The summed E-state index contributed by atoms with van der Waals surface area (Å²) in [6, 6.07) is 7.31. The van der Waals surface area contributed by atoms with E-state index in [2.05, 4.69) is 30.9 Å². The van der Waals surface area contributed by atoms with Crippen LogP contribution in [0.1, 0.15) is 13.2 Å². The summed E-state index contributed by atoms with van der Waals surface area (Å²) in [7, 11) is 0. The first-order valence-electron chi connectivity index (χ1n) is 13.4. The number of anilines is 3. The molecule has 46 heavy (non-hydrogen) atoms. The predicted molar refractivity (Wildman–Crippen MR) is 157 cm³/mol. The number of urea groups is 2. The molecule has 5 amide bonds. The number of likely N-dealkylation sites (N-methyl/N-ethyl adjacent to an activating group) is 1. The standard InChI is InChI=1S/C26H24N10O10/c1-2-27-23(39)20-18(37)19(38)24(46-20)33-12-30-17-21(33)28-11-29-22(17)34(25(40)31-13-3-7-15(8-4-13)35(42)43)26(41)32-14-5-9-16(10-6-14)36(44)45/h3-12,18-20,24,37-38H,2H2,1H3,(H,27,39)(H,31,40)(H,32,41)/t18-,19+,20+,24-/m1/s1. The number of carbonyl (C=O) groups is 3. The van der Waals surface area contributed by atoms with Crippen molar-refractivity contribution in [1.82, 2.24) is 24.8 Å². The summed E-state index contributed by atoms with van der Waals surface area (Å²) in [5.41, 5.74) is -0.546. The Morgan fingerprint density at radius 3 is 1.93 bits per heavy atom. The predicted octanol–water partition coefficient (Wildman–Crippen LogP) is 1.67. The monoisotopic (exact) mass is 636 g/mol. The average Bonchev–Trinajstić information content (AvgIpc) is 3.58. The highest BCUT2D eigenvalue weighted by molar-refractivity contribution is 6.23. The lowest BCUT2D eigenvalue weighted by Gasteiger charge is -2.21. The quantitative estimate of drug-likeness (QED) is 0.136. The van der Waals surface area contributed by atoms with Crippen LogP contribution in [0.4, 0.5) is 38.2 Å². The maximum atomic E-state index is 13.6. The van der Waals surface area contributed by atoms with Gasteiger partial charge in [-0.25, -0.2) is 24.5 Å². The highest BCUT2D eigenvalue weighted by atomic mass is 16.6. The molecule has 20 nitrogen and oxygen atoms in total. The Hall–Kier alpha value is -6.12. The molecule has 20 heteroatoms. The second kappa shape index (κ2) is 12.9. The molecule has 4 aromatic rings. The number of fused-ring (bicyclic) bond motifs is 1. The van der Waals surface area contributed by atoms with Crippen LogP contribution < -0.4 is 20.9 Å². The van der Waals surface area contributed by atoms with E-state index in [0.29, 0.717) is 4.90 Å². The zero-order valence-corrected chi connectivity index (χ0v) is 23.6. The Labute approximate surface area is 256 Å². The van der Waals surface area contributed by atoms with Gasteiger partial charge in [0.25, 0.3) is 17.3 Å². The number of benzene rings is 2. The molecule has 0 aliphatic carbocycles. The van der Waals surface area contributed by atoms with Gasteiger partial charge in [-0.15, -0.1) is 0 Å². The third-order valence-corrected chi connectivity index (χ3v) is 6.74. The summed E-state index contributed by atoms with van der Waals surface area (Å²) in [6.45, 7) is 1.91. The number of non-ortho nitro benzene ring substituents is 2. The summed E-state index contributed by atoms with van der Waals surface area (Å²) < 4.78 is 6.83. The van der Waals surface area contributed by atoms with Crippen molar-refractivity contribution >= 4 is 57.7 Å². The van der Waals surface area contributed by atoms with E-state index >= 15 is 0 Å². The smallest absolute Gasteiger partial charge is 0.335 e. The first-order valence-corrected chi connectivity index (χ1v) is 13.4. The van der Waals surface area contributed by atoms with Gasteiger partial charge in [-0.2, -0.15) is 4.90 Å². The molecule has 3 heterocycles. The number of aliphatic hydroxyl groups excluding tert-OH is 2. The van der Waals surface area contributed by atoms with E-state index in [9.17, 15) is 44.8 Å². The maximum absolute atomic E-state index is 13.6. The number of aliphatic hydroxyl groups is 2. The number of nitrogens with zero attached hydrogens (tertiary/aromatic N) is 7. The van der Waals surface area contributed by atoms with Crippen molar-refractivity contribution in [2.75, 3.05) is 22.1 Å². The number of carbonyl (C=O) groups excluding carboxylic acids is 3. The molecule has 0 saturated carbocycles. The summed E-state index contributed by atoms with van der Waals surface area (Å²) >= 11 is 0. The topological polar surface area (TPSA) is 270 Å². The van der Waals surface area contributed by atoms with Crippen LogP contribution in [0, 0.1) is 20.2 Å². The van der Waals surface area contributed by atoms with Crippen molar-refractivity contribution in [2.24, 2.45) is 0 Å². The molecule has 1 aliphatic rings. The zero-order valence-electron chi connectivity index (χ0n) is 23.6. The van der Waals surface area contributed by atoms with Gasteiger partial charge < -0.3 is 30.9 Å².